The van der Waals surface area contributed by atoms with Crippen LogP contribution in [0.2, 0.25) is 0 Å². The van der Waals surface area contributed by atoms with Crippen LogP contribution in [0.4, 0.5) is 4.39 Å². The molecule has 0 aliphatic heterocycles. The molecule has 24 heavy (non-hydrogen) atoms. The van der Waals surface area contributed by atoms with E-state index >= 15 is 0 Å². The summed E-state index contributed by atoms with van der Waals surface area (Å²) in [7, 11) is 0. The van der Waals surface area contributed by atoms with Crippen molar-refractivity contribution in [3.05, 3.63) is 58.0 Å². The second-order valence-electron chi connectivity index (χ2n) is 5.94. The molecule has 3 nitrogen and oxygen atoms in total. The van der Waals surface area contributed by atoms with Crippen molar-refractivity contribution in [1.82, 2.24) is 10.6 Å². The lowest BCUT2D eigenvalue weighted by Crippen LogP contribution is -2.41. The Morgan fingerprint density at radius 2 is 2.04 bits per heavy atom. The van der Waals surface area contributed by atoms with Crippen LogP contribution < -0.4 is 10.6 Å². The Bertz CT molecular complexity index is 669. The quantitative estimate of drug-likeness (QED) is 0.384. The minimum Gasteiger partial charge on any atom is -0.357 e. The third-order valence-electron chi connectivity index (χ3n) is 4.24. The molecule has 130 valence electrons. The summed E-state index contributed by atoms with van der Waals surface area (Å²) in [6, 6.07) is 9.19. The highest BCUT2D eigenvalue weighted by Crippen LogP contribution is 2.48. The topological polar surface area (TPSA) is 36.4 Å². The van der Waals surface area contributed by atoms with Gasteiger partial charge in [0.15, 0.2) is 5.96 Å². The molecular weight excluding hydrogens is 436 g/mol. The van der Waals surface area contributed by atoms with Gasteiger partial charge in [-0.2, -0.15) is 11.3 Å². The molecule has 0 radical (unpaired) electrons. The summed E-state index contributed by atoms with van der Waals surface area (Å²) in [5.41, 5.74) is 1.95. The summed E-state index contributed by atoms with van der Waals surface area (Å²) >= 11 is 1.68. The molecule has 1 aromatic heterocycles. The predicted molar refractivity (Wildman–Crippen MR) is 110 cm³/mol. The van der Waals surface area contributed by atoms with E-state index in [0.29, 0.717) is 13.1 Å². The van der Waals surface area contributed by atoms with Gasteiger partial charge in [-0.25, -0.2) is 9.38 Å². The Morgan fingerprint density at radius 3 is 2.67 bits per heavy atom. The van der Waals surface area contributed by atoms with Gasteiger partial charge >= 0.3 is 0 Å². The van der Waals surface area contributed by atoms with Crippen LogP contribution in [0.3, 0.4) is 0 Å². The molecule has 1 aromatic carbocycles. The molecule has 1 aliphatic rings. The summed E-state index contributed by atoms with van der Waals surface area (Å²) in [5, 5.41) is 10.8. The Balaban J connectivity index is 0.00000208. The minimum atomic E-state index is -0.105. The monoisotopic (exact) mass is 459 g/mol. The van der Waals surface area contributed by atoms with Gasteiger partial charge in [-0.15, -0.1) is 24.0 Å². The molecule has 0 atom stereocenters. The van der Waals surface area contributed by atoms with Crippen molar-refractivity contribution in [2.75, 3.05) is 13.1 Å². The maximum Gasteiger partial charge on any atom is 0.191 e. The maximum absolute atomic E-state index is 14.1. The normalized spacial score (nSPS) is 15.5. The molecule has 0 saturated heterocycles. The highest BCUT2D eigenvalue weighted by Gasteiger charge is 2.45. The number of nitrogens with zero attached hydrogens (tertiary/aromatic N) is 1. The predicted octanol–water partition coefficient (Wildman–Crippen LogP) is 4.29. The van der Waals surface area contributed by atoms with E-state index in [1.807, 2.05) is 19.1 Å². The fourth-order valence-electron chi connectivity index (χ4n) is 2.73. The first-order chi connectivity index (χ1) is 11.2. The molecular formula is C18H23FIN3S. The molecule has 0 amide bonds. The molecule has 0 unspecified atom stereocenters. The average Bonchev–Trinajstić information content (AvgIpc) is 3.16. The number of hydrogen-bond donors (Lipinski definition) is 2. The Kier molecular flexibility index (Phi) is 7.03. The lowest BCUT2D eigenvalue weighted by atomic mass is 9.95. The van der Waals surface area contributed by atoms with E-state index in [4.69, 9.17) is 0 Å². The van der Waals surface area contributed by atoms with Crippen molar-refractivity contribution in [1.29, 1.82) is 0 Å². The maximum atomic E-state index is 14.1. The lowest BCUT2D eigenvalue weighted by molar-refractivity contribution is 0.559. The molecule has 0 spiro atoms. The Morgan fingerprint density at radius 1 is 1.25 bits per heavy atom. The van der Waals surface area contributed by atoms with Crippen molar-refractivity contribution in [2.24, 2.45) is 4.99 Å². The Labute approximate surface area is 163 Å². The van der Waals surface area contributed by atoms with E-state index in [9.17, 15) is 4.39 Å². The summed E-state index contributed by atoms with van der Waals surface area (Å²) in [6.07, 6.45) is 2.04. The van der Waals surface area contributed by atoms with Crippen LogP contribution in [-0.2, 0) is 12.0 Å². The standard InChI is InChI=1S/C18H22FN3S.HI/c1-2-20-17(21-11-14-7-10-23-12-14)22-13-18(8-9-18)15-5-3-4-6-16(15)19;/h3-7,10,12H,2,8-9,11,13H2,1H3,(H2,20,21,22);1H. The van der Waals surface area contributed by atoms with Gasteiger partial charge in [0.2, 0.25) is 0 Å². The van der Waals surface area contributed by atoms with E-state index < -0.39 is 0 Å². The summed E-state index contributed by atoms with van der Waals surface area (Å²) in [4.78, 5) is 4.61. The molecule has 1 fully saturated rings. The van der Waals surface area contributed by atoms with Gasteiger partial charge in [0.05, 0.1) is 6.54 Å². The smallest absolute Gasteiger partial charge is 0.191 e. The average molecular weight is 459 g/mol. The van der Waals surface area contributed by atoms with Crippen molar-refractivity contribution in [3.63, 3.8) is 0 Å². The van der Waals surface area contributed by atoms with Gasteiger partial charge in [-0.3, -0.25) is 0 Å². The summed E-state index contributed by atoms with van der Waals surface area (Å²) < 4.78 is 14.1. The van der Waals surface area contributed by atoms with Crippen LogP contribution >= 0.6 is 35.3 Å². The SMILES string of the molecule is CCNC(=NCc1ccsc1)NCC1(c2ccccc2F)CC1.I. The van der Waals surface area contributed by atoms with Gasteiger partial charge in [-0.05, 0) is 53.8 Å². The van der Waals surface area contributed by atoms with E-state index in [2.05, 4.69) is 32.5 Å². The van der Waals surface area contributed by atoms with Crippen LogP contribution in [0.25, 0.3) is 0 Å². The van der Waals surface area contributed by atoms with E-state index in [0.717, 1.165) is 30.9 Å². The number of benzene rings is 1. The molecule has 1 saturated carbocycles. The lowest BCUT2D eigenvalue weighted by Gasteiger charge is -2.19. The van der Waals surface area contributed by atoms with Crippen molar-refractivity contribution in [3.8, 4) is 0 Å². The fourth-order valence-corrected chi connectivity index (χ4v) is 3.39. The van der Waals surface area contributed by atoms with Crippen molar-refractivity contribution >= 4 is 41.3 Å². The van der Waals surface area contributed by atoms with E-state index in [-0.39, 0.29) is 35.2 Å². The number of thiophene rings is 1. The van der Waals surface area contributed by atoms with Crippen molar-refractivity contribution in [2.45, 2.75) is 31.7 Å². The molecule has 6 heteroatoms. The third kappa shape index (κ3) is 4.69. The zero-order chi connectivity index (χ0) is 16.1. The summed E-state index contributed by atoms with van der Waals surface area (Å²) in [5.74, 6) is 0.688. The minimum absolute atomic E-state index is 0. The van der Waals surface area contributed by atoms with Gasteiger partial charge in [0, 0.05) is 18.5 Å². The molecule has 2 aromatic rings. The van der Waals surface area contributed by atoms with Gasteiger partial charge < -0.3 is 10.6 Å². The number of guanidine groups is 1. The van der Waals surface area contributed by atoms with Gasteiger partial charge in [0.25, 0.3) is 0 Å². The highest BCUT2D eigenvalue weighted by molar-refractivity contribution is 14.0. The number of rotatable bonds is 6. The zero-order valence-electron chi connectivity index (χ0n) is 13.7. The number of halogens is 2. The Hall–Kier alpha value is -1.15. The van der Waals surface area contributed by atoms with E-state index in [1.165, 1.54) is 5.56 Å². The van der Waals surface area contributed by atoms with Gasteiger partial charge in [-0.1, -0.05) is 18.2 Å². The van der Waals surface area contributed by atoms with Crippen LogP contribution in [-0.4, -0.2) is 19.0 Å². The third-order valence-corrected chi connectivity index (χ3v) is 4.97. The van der Waals surface area contributed by atoms with Crippen LogP contribution in [0.15, 0.2) is 46.1 Å². The molecule has 2 N–H and O–H groups in total. The second kappa shape index (κ2) is 8.80. The first kappa shape index (κ1) is 19.2. The second-order valence-corrected chi connectivity index (χ2v) is 6.72. The molecule has 3 rings (SSSR count). The van der Waals surface area contributed by atoms with E-state index in [1.54, 1.807) is 23.5 Å². The zero-order valence-corrected chi connectivity index (χ0v) is 16.9. The molecule has 1 aliphatic carbocycles. The van der Waals surface area contributed by atoms with Gasteiger partial charge in [0.1, 0.15) is 5.82 Å². The fraction of sp³-hybridized carbons (Fsp3) is 0.389. The van der Waals surface area contributed by atoms with Crippen LogP contribution in [0.5, 0.6) is 0 Å². The molecule has 1 heterocycles. The van der Waals surface area contributed by atoms with Crippen LogP contribution in [0.1, 0.15) is 30.9 Å². The first-order valence-corrected chi connectivity index (χ1v) is 8.96. The van der Waals surface area contributed by atoms with Crippen molar-refractivity contribution < 1.29 is 4.39 Å². The van der Waals surface area contributed by atoms with Crippen LogP contribution in [0, 0.1) is 5.82 Å². The summed E-state index contributed by atoms with van der Waals surface area (Å²) in [6.45, 7) is 4.22. The molecule has 0 bridgehead atoms. The number of nitrogens with one attached hydrogen (secondary N) is 2. The number of hydrogen-bond acceptors (Lipinski definition) is 2. The highest BCUT2D eigenvalue weighted by atomic mass is 127. The number of aliphatic imine (C=N–C) groups is 1. The largest absolute Gasteiger partial charge is 0.357 e. The first-order valence-electron chi connectivity index (χ1n) is 8.02.